The van der Waals surface area contributed by atoms with Crippen molar-refractivity contribution in [3.05, 3.63) is 81.6 Å². The van der Waals surface area contributed by atoms with Gasteiger partial charge in [0.25, 0.3) is 0 Å². The number of halogens is 2. The summed E-state index contributed by atoms with van der Waals surface area (Å²) in [4.78, 5) is 0. The van der Waals surface area contributed by atoms with E-state index in [0.717, 1.165) is 33.4 Å². The highest BCUT2D eigenvalue weighted by atomic mass is 35.5. The quantitative estimate of drug-likeness (QED) is 0.310. The Balaban J connectivity index is 1.74. The van der Waals surface area contributed by atoms with E-state index in [1.807, 2.05) is 41.0 Å². The van der Waals surface area contributed by atoms with Crippen LogP contribution in [0.15, 0.2) is 54.2 Å². The van der Waals surface area contributed by atoms with E-state index in [2.05, 4.69) is 36.7 Å². The SMILES string of the molecule is C=CCn1c(COc2cc(C)cc(C)c2)nnc1SCc1c(Cl)cccc1Cl. The van der Waals surface area contributed by atoms with Crippen LogP contribution in [0, 0.1) is 13.8 Å². The van der Waals surface area contributed by atoms with E-state index in [0.29, 0.717) is 28.9 Å². The molecule has 146 valence electrons. The molecule has 0 aliphatic heterocycles. The Bertz CT molecular complexity index is 947. The normalized spacial score (nSPS) is 10.9. The molecule has 1 heterocycles. The molecule has 0 saturated carbocycles. The fourth-order valence-electron chi connectivity index (χ4n) is 2.82. The molecular formula is C21H21Cl2N3OS. The molecule has 0 aliphatic carbocycles. The molecule has 2 aromatic carbocycles. The molecule has 0 aliphatic rings. The van der Waals surface area contributed by atoms with Crippen LogP contribution in [0.4, 0.5) is 0 Å². The molecule has 0 fully saturated rings. The van der Waals surface area contributed by atoms with E-state index in [4.69, 9.17) is 27.9 Å². The number of nitrogens with zero attached hydrogens (tertiary/aromatic N) is 3. The van der Waals surface area contributed by atoms with E-state index < -0.39 is 0 Å². The molecule has 0 atom stereocenters. The fraction of sp³-hybridized carbons (Fsp3) is 0.238. The Hall–Kier alpha value is -1.95. The van der Waals surface area contributed by atoms with E-state index in [1.54, 1.807) is 0 Å². The van der Waals surface area contributed by atoms with Gasteiger partial charge in [-0.2, -0.15) is 0 Å². The van der Waals surface area contributed by atoms with Gasteiger partial charge in [-0.3, -0.25) is 4.57 Å². The number of thioether (sulfide) groups is 1. The van der Waals surface area contributed by atoms with Gasteiger partial charge < -0.3 is 4.74 Å². The lowest BCUT2D eigenvalue weighted by Gasteiger charge is -2.11. The van der Waals surface area contributed by atoms with Gasteiger partial charge in [0, 0.05) is 22.3 Å². The smallest absolute Gasteiger partial charge is 0.191 e. The topological polar surface area (TPSA) is 39.9 Å². The third-order valence-electron chi connectivity index (χ3n) is 4.08. The molecule has 0 N–H and O–H groups in total. The van der Waals surface area contributed by atoms with Crippen molar-refractivity contribution in [2.24, 2.45) is 0 Å². The molecule has 1 aromatic heterocycles. The Morgan fingerprint density at radius 3 is 2.43 bits per heavy atom. The summed E-state index contributed by atoms with van der Waals surface area (Å²) in [5.74, 6) is 2.17. The first-order valence-electron chi connectivity index (χ1n) is 8.77. The molecular weight excluding hydrogens is 413 g/mol. The van der Waals surface area contributed by atoms with Gasteiger partial charge >= 0.3 is 0 Å². The molecule has 0 amide bonds. The third kappa shape index (κ3) is 5.10. The standard InChI is InChI=1S/C21H21Cl2N3OS/c1-4-8-26-20(12-27-16-10-14(2)9-15(3)11-16)24-25-21(26)28-13-17-18(22)6-5-7-19(17)23/h4-7,9-11H,1,8,12-13H2,2-3H3. The second kappa shape index (κ2) is 9.50. The van der Waals surface area contributed by atoms with Crippen molar-refractivity contribution >= 4 is 35.0 Å². The molecule has 0 unspecified atom stereocenters. The van der Waals surface area contributed by atoms with Crippen molar-refractivity contribution in [2.75, 3.05) is 0 Å². The van der Waals surface area contributed by atoms with Crippen molar-refractivity contribution in [1.82, 2.24) is 14.8 Å². The van der Waals surface area contributed by atoms with Crippen LogP contribution >= 0.6 is 35.0 Å². The minimum atomic E-state index is 0.330. The van der Waals surface area contributed by atoms with Crippen LogP contribution in [0.1, 0.15) is 22.5 Å². The molecule has 0 saturated heterocycles. The minimum Gasteiger partial charge on any atom is -0.486 e. The second-order valence-corrected chi connectivity index (χ2v) is 8.16. The number of benzene rings is 2. The van der Waals surface area contributed by atoms with E-state index >= 15 is 0 Å². The summed E-state index contributed by atoms with van der Waals surface area (Å²) in [7, 11) is 0. The number of rotatable bonds is 8. The van der Waals surface area contributed by atoms with Crippen LogP contribution in [0.3, 0.4) is 0 Å². The molecule has 3 rings (SSSR count). The predicted molar refractivity (Wildman–Crippen MR) is 116 cm³/mol. The van der Waals surface area contributed by atoms with Crippen LogP contribution < -0.4 is 4.74 Å². The lowest BCUT2D eigenvalue weighted by Crippen LogP contribution is -2.07. The highest BCUT2D eigenvalue weighted by molar-refractivity contribution is 7.98. The van der Waals surface area contributed by atoms with Crippen LogP contribution in [0.2, 0.25) is 10.0 Å². The van der Waals surface area contributed by atoms with Crippen molar-refractivity contribution < 1.29 is 4.74 Å². The summed E-state index contributed by atoms with van der Waals surface area (Å²) in [5, 5.41) is 10.7. The zero-order valence-corrected chi connectivity index (χ0v) is 18.1. The predicted octanol–water partition coefficient (Wildman–Crippen LogP) is 6.26. The van der Waals surface area contributed by atoms with Crippen LogP contribution in [0.5, 0.6) is 5.75 Å². The third-order valence-corrected chi connectivity index (χ3v) is 5.78. The van der Waals surface area contributed by atoms with Crippen molar-refractivity contribution in [2.45, 2.75) is 37.9 Å². The lowest BCUT2D eigenvalue weighted by molar-refractivity contribution is 0.289. The molecule has 4 nitrogen and oxygen atoms in total. The highest BCUT2D eigenvalue weighted by Gasteiger charge is 2.14. The Morgan fingerprint density at radius 2 is 1.79 bits per heavy atom. The van der Waals surface area contributed by atoms with Gasteiger partial charge in [0.2, 0.25) is 0 Å². The van der Waals surface area contributed by atoms with E-state index in [-0.39, 0.29) is 0 Å². The van der Waals surface area contributed by atoms with Gasteiger partial charge in [-0.05, 0) is 54.8 Å². The van der Waals surface area contributed by atoms with Crippen LogP contribution in [-0.2, 0) is 18.9 Å². The Morgan fingerprint density at radius 1 is 1.11 bits per heavy atom. The summed E-state index contributed by atoms with van der Waals surface area (Å²) < 4.78 is 7.94. The summed E-state index contributed by atoms with van der Waals surface area (Å²) in [6, 6.07) is 11.6. The number of ether oxygens (including phenoxy) is 1. The van der Waals surface area contributed by atoms with Gasteiger partial charge in [0.15, 0.2) is 11.0 Å². The maximum atomic E-state index is 6.27. The minimum absolute atomic E-state index is 0.330. The number of aryl methyl sites for hydroxylation is 2. The van der Waals surface area contributed by atoms with Gasteiger partial charge in [-0.1, -0.05) is 53.2 Å². The first-order valence-corrected chi connectivity index (χ1v) is 10.5. The average Bonchev–Trinajstić information content (AvgIpc) is 3.01. The van der Waals surface area contributed by atoms with Crippen molar-refractivity contribution in [3.8, 4) is 5.75 Å². The molecule has 7 heteroatoms. The largest absolute Gasteiger partial charge is 0.486 e. The molecule has 28 heavy (non-hydrogen) atoms. The first-order chi connectivity index (χ1) is 13.5. The summed E-state index contributed by atoms with van der Waals surface area (Å²) in [6.45, 7) is 8.86. The lowest BCUT2D eigenvalue weighted by atomic mass is 10.1. The number of aromatic nitrogens is 3. The van der Waals surface area contributed by atoms with E-state index in [9.17, 15) is 0 Å². The number of hydrogen-bond acceptors (Lipinski definition) is 4. The summed E-state index contributed by atoms with van der Waals surface area (Å²) in [6.07, 6.45) is 1.82. The first kappa shape index (κ1) is 20.8. The van der Waals surface area contributed by atoms with Gasteiger partial charge in [0.05, 0.1) is 0 Å². The average molecular weight is 434 g/mol. The maximum Gasteiger partial charge on any atom is 0.191 e. The summed E-state index contributed by atoms with van der Waals surface area (Å²) in [5.41, 5.74) is 3.21. The van der Waals surface area contributed by atoms with Gasteiger partial charge in [-0.15, -0.1) is 16.8 Å². The monoisotopic (exact) mass is 433 g/mol. The molecule has 0 bridgehead atoms. The Labute approximate surface area is 179 Å². The zero-order valence-electron chi connectivity index (χ0n) is 15.8. The van der Waals surface area contributed by atoms with Crippen molar-refractivity contribution in [3.63, 3.8) is 0 Å². The van der Waals surface area contributed by atoms with Crippen LogP contribution in [-0.4, -0.2) is 14.8 Å². The van der Waals surface area contributed by atoms with Crippen molar-refractivity contribution in [1.29, 1.82) is 0 Å². The molecule has 3 aromatic rings. The summed E-state index contributed by atoms with van der Waals surface area (Å²) >= 11 is 14.1. The number of hydrogen-bond donors (Lipinski definition) is 0. The number of allylic oxidation sites excluding steroid dienone is 1. The van der Waals surface area contributed by atoms with Gasteiger partial charge in [-0.25, -0.2) is 0 Å². The van der Waals surface area contributed by atoms with Crippen LogP contribution in [0.25, 0.3) is 0 Å². The maximum absolute atomic E-state index is 6.27. The molecule has 0 radical (unpaired) electrons. The second-order valence-electron chi connectivity index (χ2n) is 6.40. The highest BCUT2D eigenvalue weighted by Crippen LogP contribution is 2.31. The Kier molecular flexibility index (Phi) is 7.05. The fourth-order valence-corrected chi connectivity index (χ4v) is 4.52. The molecule has 0 spiro atoms. The van der Waals surface area contributed by atoms with E-state index in [1.165, 1.54) is 11.8 Å². The zero-order chi connectivity index (χ0) is 20.1. The van der Waals surface area contributed by atoms with Gasteiger partial charge in [0.1, 0.15) is 12.4 Å².